The van der Waals surface area contributed by atoms with Gasteiger partial charge in [-0.25, -0.2) is 5.43 Å². The van der Waals surface area contributed by atoms with Crippen LogP contribution in [0.5, 0.6) is 5.75 Å². The van der Waals surface area contributed by atoms with E-state index in [4.69, 9.17) is 4.74 Å². The van der Waals surface area contributed by atoms with Crippen molar-refractivity contribution in [3.63, 3.8) is 0 Å². The number of hydrazone groups is 1. The van der Waals surface area contributed by atoms with Crippen LogP contribution in [0.25, 0.3) is 0 Å². The van der Waals surface area contributed by atoms with E-state index in [2.05, 4.69) is 52.2 Å². The summed E-state index contributed by atoms with van der Waals surface area (Å²) in [4.78, 5) is 11.7. The minimum atomic E-state index is -0.290. The van der Waals surface area contributed by atoms with Gasteiger partial charge in [-0.3, -0.25) is 4.79 Å². The van der Waals surface area contributed by atoms with Crippen LogP contribution >= 0.6 is 22.6 Å². The van der Waals surface area contributed by atoms with E-state index >= 15 is 0 Å². The fourth-order valence-electron chi connectivity index (χ4n) is 2.28. The van der Waals surface area contributed by atoms with Crippen LogP contribution in [0.1, 0.15) is 22.3 Å². The number of carbonyl (C=O) groups excluding carboxylic acids is 1. The largest absolute Gasteiger partial charge is 0.484 e. The smallest absolute Gasteiger partial charge is 0.277 e. The molecule has 23 heavy (non-hydrogen) atoms. The Labute approximate surface area is 150 Å². The van der Waals surface area contributed by atoms with Crippen molar-refractivity contribution in [3.05, 3.63) is 62.2 Å². The lowest BCUT2D eigenvalue weighted by atomic mass is 10.0. The molecule has 120 valence electrons. The second-order valence-corrected chi connectivity index (χ2v) is 6.59. The van der Waals surface area contributed by atoms with Gasteiger partial charge in [0.15, 0.2) is 6.61 Å². The van der Waals surface area contributed by atoms with E-state index in [1.54, 1.807) is 6.21 Å². The van der Waals surface area contributed by atoms with E-state index in [0.717, 1.165) is 20.3 Å². The Hall–Kier alpha value is -1.89. The second kappa shape index (κ2) is 8.10. The zero-order valence-electron chi connectivity index (χ0n) is 13.4. The molecule has 2 rings (SSSR count). The summed E-state index contributed by atoms with van der Waals surface area (Å²) < 4.78 is 6.52. The molecule has 2 aromatic carbocycles. The topological polar surface area (TPSA) is 50.7 Å². The first-order chi connectivity index (χ1) is 11.0. The van der Waals surface area contributed by atoms with E-state index in [-0.39, 0.29) is 12.5 Å². The molecule has 0 aliphatic rings. The second-order valence-electron chi connectivity index (χ2n) is 5.35. The van der Waals surface area contributed by atoms with Gasteiger partial charge in [0.1, 0.15) is 5.75 Å². The first-order valence-corrected chi connectivity index (χ1v) is 8.31. The van der Waals surface area contributed by atoms with E-state index in [9.17, 15) is 4.79 Å². The van der Waals surface area contributed by atoms with Crippen molar-refractivity contribution in [1.82, 2.24) is 5.43 Å². The Bertz CT molecular complexity index is 701. The number of hydrogen-bond acceptors (Lipinski definition) is 3. The zero-order valence-corrected chi connectivity index (χ0v) is 15.5. The molecule has 0 spiro atoms. The molecule has 0 radical (unpaired) electrons. The summed E-state index contributed by atoms with van der Waals surface area (Å²) in [6, 6.07) is 11.7. The molecule has 0 unspecified atom stereocenters. The molecule has 0 aliphatic carbocycles. The SMILES string of the molecule is Cc1cc(C)c(/C=N/NC(=O)COc2ccc(I)cc2)c(C)c1. The molecule has 0 saturated carbocycles. The molecule has 1 amide bonds. The van der Waals surface area contributed by atoms with Crippen molar-refractivity contribution in [1.29, 1.82) is 0 Å². The number of halogens is 1. The lowest BCUT2D eigenvalue weighted by molar-refractivity contribution is -0.123. The van der Waals surface area contributed by atoms with Gasteiger partial charge in [0.2, 0.25) is 0 Å². The number of aryl methyl sites for hydroxylation is 3. The average molecular weight is 422 g/mol. The summed E-state index contributed by atoms with van der Waals surface area (Å²) in [5.74, 6) is 0.372. The molecule has 0 heterocycles. The number of rotatable bonds is 5. The van der Waals surface area contributed by atoms with Gasteiger partial charge in [-0.2, -0.15) is 5.10 Å². The molecule has 5 heteroatoms. The summed E-state index contributed by atoms with van der Waals surface area (Å²) in [7, 11) is 0. The highest BCUT2D eigenvalue weighted by atomic mass is 127. The summed E-state index contributed by atoms with van der Waals surface area (Å²) >= 11 is 2.22. The molecule has 1 N–H and O–H groups in total. The Morgan fingerprint density at radius 2 is 1.78 bits per heavy atom. The fourth-order valence-corrected chi connectivity index (χ4v) is 2.64. The summed E-state index contributed by atoms with van der Waals surface area (Å²) in [5.41, 5.74) is 6.99. The van der Waals surface area contributed by atoms with Crippen molar-refractivity contribution in [3.8, 4) is 5.75 Å². The summed E-state index contributed by atoms with van der Waals surface area (Å²) in [6.07, 6.45) is 1.67. The number of hydrogen-bond donors (Lipinski definition) is 1. The van der Waals surface area contributed by atoms with Crippen molar-refractivity contribution in [2.24, 2.45) is 5.10 Å². The third-order valence-electron chi connectivity index (χ3n) is 3.30. The molecular formula is C18H19IN2O2. The predicted molar refractivity (Wildman–Crippen MR) is 101 cm³/mol. The Balaban J connectivity index is 1.88. The van der Waals surface area contributed by atoms with Crippen LogP contribution in [-0.4, -0.2) is 18.7 Å². The number of nitrogens with zero attached hydrogens (tertiary/aromatic N) is 1. The van der Waals surface area contributed by atoms with Crippen LogP contribution in [0.4, 0.5) is 0 Å². The van der Waals surface area contributed by atoms with Crippen LogP contribution in [-0.2, 0) is 4.79 Å². The number of carbonyl (C=O) groups is 1. The maximum absolute atomic E-state index is 11.7. The van der Waals surface area contributed by atoms with Gasteiger partial charge in [-0.05, 0) is 78.8 Å². The number of nitrogens with one attached hydrogen (secondary N) is 1. The molecule has 2 aromatic rings. The van der Waals surface area contributed by atoms with Crippen LogP contribution in [0.2, 0.25) is 0 Å². The number of ether oxygens (including phenoxy) is 1. The highest BCUT2D eigenvalue weighted by Gasteiger charge is 2.03. The Morgan fingerprint density at radius 3 is 2.39 bits per heavy atom. The van der Waals surface area contributed by atoms with Gasteiger partial charge in [-0.15, -0.1) is 0 Å². The Morgan fingerprint density at radius 1 is 1.17 bits per heavy atom. The lowest BCUT2D eigenvalue weighted by Gasteiger charge is -2.07. The predicted octanol–water partition coefficient (Wildman–Crippen LogP) is 3.75. The van der Waals surface area contributed by atoms with Gasteiger partial charge in [0, 0.05) is 9.13 Å². The highest BCUT2D eigenvalue weighted by molar-refractivity contribution is 14.1. The minimum absolute atomic E-state index is 0.0657. The highest BCUT2D eigenvalue weighted by Crippen LogP contribution is 2.14. The van der Waals surface area contributed by atoms with E-state index in [1.807, 2.05) is 38.1 Å². The van der Waals surface area contributed by atoms with Crippen molar-refractivity contribution < 1.29 is 9.53 Å². The number of benzene rings is 2. The summed E-state index contributed by atoms with van der Waals surface area (Å²) in [6.45, 7) is 6.06. The van der Waals surface area contributed by atoms with Gasteiger partial charge in [-0.1, -0.05) is 17.7 Å². The monoisotopic (exact) mass is 422 g/mol. The van der Waals surface area contributed by atoms with Crippen LogP contribution in [0.15, 0.2) is 41.5 Å². The quantitative estimate of drug-likeness (QED) is 0.454. The normalized spacial score (nSPS) is 10.8. The molecule has 0 saturated heterocycles. The average Bonchev–Trinajstić information content (AvgIpc) is 2.49. The van der Waals surface area contributed by atoms with Gasteiger partial charge in [0.25, 0.3) is 5.91 Å². The molecule has 0 atom stereocenters. The van der Waals surface area contributed by atoms with Crippen molar-refractivity contribution in [2.45, 2.75) is 20.8 Å². The van der Waals surface area contributed by atoms with Gasteiger partial charge < -0.3 is 4.74 Å². The van der Waals surface area contributed by atoms with Gasteiger partial charge in [0.05, 0.1) is 6.21 Å². The standard InChI is InChI=1S/C18H19IN2O2/c1-12-8-13(2)17(14(3)9-12)10-20-21-18(22)11-23-16-6-4-15(19)5-7-16/h4-10H,11H2,1-3H3,(H,21,22)/b20-10+. The molecule has 0 aliphatic heterocycles. The van der Waals surface area contributed by atoms with Crippen molar-refractivity contribution >= 4 is 34.7 Å². The van der Waals surface area contributed by atoms with Crippen molar-refractivity contribution in [2.75, 3.05) is 6.61 Å². The number of amides is 1. The minimum Gasteiger partial charge on any atom is -0.484 e. The zero-order chi connectivity index (χ0) is 16.8. The molecular weight excluding hydrogens is 403 g/mol. The molecule has 4 nitrogen and oxygen atoms in total. The fraction of sp³-hybridized carbons (Fsp3) is 0.222. The van der Waals surface area contributed by atoms with E-state index in [0.29, 0.717) is 5.75 Å². The van der Waals surface area contributed by atoms with Crippen LogP contribution < -0.4 is 10.2 Å². The molecule has 0 fully saturated rings. The van der Waals surface area contributed by atoms with Crippen LogP contribution in [0.3, 0.4) is 0 Å². The van der Waals surface area contributed by atoms with E-state index < -0.39 is 0 Å². The van der Waals surface area contributed by atoms with E-state index in [1.165, 1.54) is 5.56 Å². The third kappa shape index (κ3) is 5.35. The maximum Gasteiger partial charge on any atom is 0.277 e. The first kappa shape index (κ1) is 17.5. The molecule has 0 aromatic heterocycles. The van der Waals surface area contributed by atoms with Crippen LogP contribution in [0, 0.1) is 24.3 Å². The maximum atomic E-state index is 11.7. The Kier molecular flexibility index (Phi) is 6.15. The first-order valence-electron chi connectivity index (χ1n) is 7.24. The lowest BCUT2D eigenvalue weighted by Crippen LogP contribution is -2.24. The van der Waals surface area contributed by atoms with Gasteiger partial charge >= 0.3 is 0 Å². The molecule has 0 bridgehead atoms. The third-order valence-corrected chi connectivity index (χ3v) is 4.02. The summed E-state index contributed by atoms with van der Waals surface area (Å²) in [5, 5.41) is 4.01.